The maximum absolute atomic E-state index is 12.9. The van der Waals surface area contributed by atoms with Crippen molar-refractivity contribution in [2.24, 2.45) is 0 Å². The number of ketones is 1. The van der Waals surface area contributed by atoms with Crippen molar-refractivity contribution in [3.63, 3.8) is 0 Å². The number of aryl methyl sites for hydroxylation is 3. The zero-order valence-electron chi connectivity index (χ0n) is 15.9. The number of esters is 1. The number of benzene rings is 1. The lowest BCUT2D eigenvalue weighted by Crippen LogP contribution is -2.27. The molecule has 3 rings (SSSR count). The van der Waals surface area contributed by atoms with Gasteiger partial charge < -0.3 is 15.0 Å². The largest absolute Gasteiger partial charge is 0.462 e. The number of rotatable bonds is 6. The van der Waals surface area contributed by atoms with Crippen LogP contribution in [-0.2, 0) is 17.6 Å². The van der Waals surface area contributed by atoms with E-state index in [9.17, 15) is 9.59 Å². The molecule has 0 spiro atoms. The summed E-state index contributed by atoms with van der Waals surface area (Å²) in [5.74, 6) is -0.460. The van der Waals surface area contributed by atoms with E-state index in [0.717, 1.165) is 18.5 Å². The maximum atomic E-state index is 12.9. The number of hydrogen-bond donors (Lipinski definition) is 2. The molecule has 1 aromatic carbocycles. The summed E-state index contributed by atoms with van der Waals surface area (Å²) in [4.78, 5) is 28.1. The first-order chi connectivity index (χ1) is 12.4. The van der Waals surface area contributed by atoms with Gasteiger partial charge in [0.2, 0.25) is 5.78 Å². The molecular weight excluding hydrogens is 328 g/mol. The van der Waals surface area contributed by atoms with Crippen molar-refractivity contribution in [3.05, 3.63) is 51.8 Å². The fourth-order valence-corrected chi connectivity index (χ4v) is 3.70. The Kier molecular flexibility index (Phi) is 5.16. The summed E-state index contributed by atoms with van der Waals surface area (Å²) in [6.07, 6.45) is 3.44. The van der Waals surface area contributed by atoms with Crippen LogP contribution in [0.1, 0.15) is 63.5 Å². The van der Waals surface area contributed by atoms with Gasteiger partial charge in [-0.2, -0.15) is 0 Å². The number of carbonyl (C=O) groups is 2. The molecular formula is C21H26N2O3. The summed E-state index contributed by atoms with van der Waals surface area (Å²) in [5.41, 5.74) is 5.96. The Balaban J connectivity index is 1.78. The van der Waals surface area contributed by atoms with Gasteiger partial charge in [0, 0.05) is 11.4 Å². The highest BCUT2D eigenvalue weighted by Gasteiger charge is 2.25. The van der Waals surface area contributed by atoms with Gasteiger partial charge in [0.15, 0.2) is 0 Å². The Bertz CT molecular complexity index is 851. The highest BCUT2D eigenvalue weighted by atomic mass is 16.5. The second-order valence-electron chi connectivity index (χ2n) is 6.91. The molecule has 138 valence electrons. The smallest absolute Gasteiger partial charge is 0.340 e. The molecule has 0 unspecified atom stereocenters. The van der Waals surface area contributed by atoms with E-state index in [0.29, 0.717) is 29.1 Å². The predicted molar refractivity (Wildman–Crippen MR) is 102 cm³/mol. The lowest BCUT2D eigenvalue weighted by Gasteiger charge is -2.15. The Labute approximate surface area is 154 Å². The Morgan fingerprint density at radius 1 is 1.23 bits per heavy atom. The van der Waals surface area contributed by atoms with E-state index in [1.807, 2.05) is 13.0 Å². The first kappa shape index (κ1) is 18.2. The average molecular weight is 354 g/mol. The molecule has 0 saturated heterocycles. The van der Waals surface area contributed by atoms with Crippen molar-refractivity contribution in [1.82, 2.24) is 4.98 Å². The summed E-state index contributed by atoms with van der Waals surface area (Å²) in [6, 6.07) is 5.92. The van der Waals surface area contributed by atoms with E-state index in [1.54, 1.807) is 20.8 Å². The number of aromatic nitrogens is 1. The third-order valence-corrected chi connectivity index (χ3v) is 5.04. The Morgan fingerprint density at radius 2 is 1.96 bits per heavy atom. The Morgan fingerprint density at radius 3 is 2.69 bits per heavy atom. The molecule has 1 aromatic heterocycles. The van der Waals surface area contributed by atoms with E-state index < -0.39 is 12.0 Å². The highest BCUT2D eigenvalue weighted by molar-refractivity contribution is 6.04. The summed E-state index contributed by atoms with van der Waals surface area (Å²) < 4.78 is 5.10. The quantitative estimate of drug-likeness (QED) is 0.608. The molecule has 0 amide bonds. The number of aromatic amines is 1. The number of ether oxygens (including phenoxy) is 1. The van der Waals surface area contributed by atoms with Crippen molar-refractivity contribution in [1.29, 1.82) is 0 Å². The van der Waals surface area contributed by atoms with Crippen molar-refractivity contribution in [3.8, 4) is 0 Å². The van der Waals surface area contributed by atoms with Crippen LogP contribution in [0, 0.1) is 13.8 Å². The van der Waals surface area contributed by atoms with Gasteiger partial charge in [0.05, 0.1) is 23.9 Å². The minimum atomic E-state index is -0.402. The standard InChI is InChI=1S/C21H26N2O3/c1-5-26-21(25)18-12(2)19(23-13(18)3)20(24)14(4)22-17-10-9-15-7-6-8-16(15)11-17/h9-11,14,22-23H,5-8H2,1-4H3/t14-/m1/s1. The van der Waals surface area contributed by atoms with Crippen LogP contribution < -0.4 is 5.32 Å². The van der Waals surface area contributed by atoms with Gasteiger partial charge >= 0.3 is 5.97 Å². The van der Waals surface area contributed by atoms with Crippen LogP contribution >= 0.6 is 0 Å². The van der Waals surface area contributed by atoms with Crippen LogP contribution in [0.2, 0.25) is 0 Å². The maximum Gasteiger partial charge on any atom is 0.340 e. The number of H-pyrrole nitrogens is 1. The molecule has 1 aliphatic carbocycles. The van der Waals surface area contributed by atoms with Gasteiger partial charge in [0.1, 0.15) is 0 Å². The molecule has 0 saturated carbocycles. The van der Waals surface area contributed by atoms with E-state index in [-0.39, 0.29) is 5.78 Å². The normalized spacial score (nSPS) is 14.0. The summed E-state index contributed by atoms with van der Waals surface area (Å²) in [6.45, 7) is 7.49. The van der Waals surface area contributed by atoms with Crippen LogP contribution in [0.5, 0.6) is 0 Å². The van der Waals surface area contributed by atoms with Crippen LogP contribution in [0.3, 0.4) is 0 Å². The predicted octanol–water partition coefficient (Wildman–Crippen LogP) is 3.98. The van der Waals surface area contributed by atoms with Crippen molar-refractivity contribution < 1.29 is 14.3 Å². The van der Waals surface area contributed by atoms with Gasteiger partial charge in [-0.15, -0.1) is 0 Å². The molecule has 0 bridgehead atoms. The molecule has 2 aromatic rings. The molecule has 5 heteroatoms. The highest BCUT2D eigenvalue weighted by Crippen LogP contribution is 2.26. The summed E-state index contributed by atoms with van der Waals surface area (Å²) in [7, 11) is 0. The molecule has 1 aliphatic rings. The third kappa shape index (κ3) is 3.39. The van der Waals surface area contributed by atoms with Gasteiger partial charge in [-0.3, -0.25) is 4.79 Å². The number of Topliss-reactive ketones (excluding diaryl/α,β-unsaturated/α-hetero) is 1. The molecule has 1 atom stereocenters. The lowest BCUT2D eigenvalue weighted by molar-refractivity contribution is 0.0525. The second kappa shape index (κ2) is 7.36. The number of hydrogen-bond acceptors (Lipinski definition) is 4. The summed E-state index contributed by atoms with van der Waals surface area (Å²) >= 11 is 0. The average Bonchev–Trinajstić information content (AvgIpc) is 3.18. The number of nitrogens with one attached hydrogen (secondary N) is 2. The van der Waals surface area contributed by atoms with Gasteiger partial charge in [0.25, 0.3) is 0 Å². The minimum absolute atomic E-state index is 0.0679. The third-order valence-electron chi connectivity index (χ3n) is 5.04. The van der Waals surface area contributed by atoms with E-state index in [2.05, 4.69) is 22.4 Å². The van der Waals surface area contributed by atoms with Crippen LogP contribution in [0.15, 0.2) is 18.2 Å². The minimum Gasteiger partial charge on any atom is -0.462 e. The SMILES string of the molecule is CCOC(=O)c1c(C)[nH]c(C(=O)[C@@H](C)Nc2ccc3c(c2)CCC3)c1C. The molecule has 1 heterocycles. The molecule has 2 N–H and O–H groups in total. The topological polar surface area (TPSA) is 71.2 Å². The summed E-state index contributed by atoms with van der Waals surface area (Å²) in [5, 5.41) is 3.29. The second-order valence-corrected chi connectivity index (χ2v) is 6.91. The zero-order valence-corrected chi connectivity index (χ0v) is 15.9. The van der Waals surface area contributed by atoms with E-state index in [4.69, 9.17) is 4.74 Å². The van der Waals surface area contributed by atoms with Gasteiger partial charge in [-0.05, 0) is 75.8 Å². The first-order valence-electron chi connectivity index (χ1n) is 9.21. The van der Waals surface area contributed by atoms with Gasteiger partial charge in [-0.1, -0.05) is 6.07 Å². The zero-order chi connectivity index (χ0) is 18.8. The fourth-order valence-electron chi connectivity index (χ4n) is 3.70. The number of carbonyl (C=O) groups excluding carboxylic acids is 2. The van der Waals surface area contributed by atoms with Gasteiger partial charge in [-0.25, -0.2) is 4.79 Å². The number of fused-ring (bicyclic) bond motifs is 1. The lowest BCUT2D eigenvalue weighted by atomic mass is 10.0. The Hall–Kier alpha value is -2.56. The molecule has 5 nitrogen and oxygen atoms in total. The molecule has 0 fully saturated rings. The number of anilines is 1. The van der Waals surface area contributed by atoms with Crippen molar-refractivity contribution >= 4 is 17.4 Å². The fraction of sp³-hybridized carbons (Fsp3) is 0.429. The van der Waals surface area contributed by atoms with Crippen LogP contribution in [0.25, 0.3) is 0 Å². The van der Waals surface area contributed by atoms with Crippen LogP contribution in [-0.4, -0.2) is 29.4 Å². The molecule has 26 heavy (non-hydrogen) atoms. The molecule has 0 radical (unpaired) electrons. The monoisotopic (exact) mass is 354 g/mol. The van der Waals surface area contributed by atoms with Crippen molar-refractivity contribution in [2.75, 3.05) is 11.9 Å². The van der Waals surface area contributed by atoms with Crippen molar-refractivity contribution in [2.45, 2.75) is 53.0 Å². The van der Waals surface area contributed by atoms with E-state index in [1.165, 1.54) is 17.5 Å². The molecule has 0 aliphatic heterocycles. The van der Waals surface area contributed by atoms with Crippen LogP contribution in [0.4, 0.5) is 5.69 Å². The van der Waals surface area contributed by atoms with E-state index >= 15 is 0 Å². The first-order valence-corrected chi connectivity index (χ1v) is 9.21.